The summed E-state index contributed by atoms with van der Waals surface area (Å²) in [5.74, 6) is 1.99. The molecule has 0 heterocycles. The highest BCUT2D eigenvalue weighted by molar-refractivity contribution is 5.50. The smallest absolute Gasteiger partial charge is 0.00972 e. The zero-order chi connectivity index (χ0) is 7.42. The molecule has 0 aromatic heterocycles. The third kappa shape index (κ3) is 0.699. The van der Waals surface area contributed by atoms with E-state index in [4.69, 9.17) is 0 Å². The van der Waals surface area contributed by atoms with Crippen LogP contribution < -0.4 is 0 Å². The van der Waals surface area contributed by atoms with E-state index in [1.165, 1.54) is 18.4 Å². The molecular formula is C11H12. The molecule has 0 heteroatoms. The Balaban J connectivity index is 2.05. The van der Waals surface area contributed by atoms with Gasteiger partial charge in [-0.15, -0.1) is 0 Å². The fourth-order valence-corrected chi connectivity index (χ4v) is 2.46. The van der Waals surface area contributed by atoms with Crippen LogP contribution in [-0.4, -0.2) is 0 Å². The summed E-state index contributed by atoms with van der Waals surface area (Å²) in [5, 5.41) is 0. The second-order valence-corrected chi connectivity index (χ2v) is 4.00. The van der Waals surface area contributed by atoms with Gasteiger partial charge in [-0.25, -0.2) is 0 Å². The molecule has 3 aliphatic carbocycles. The Bertz CT molecular complexity index is 291. The molecule has 2 fully saturated rings. The second kappa shape index (κ2) is 1.69. The van der Waals surface area contributed by atoms with Crippen molar-refractivity contribution >= 4 is 0 Å². The molecule has 0 N–H and O–H groups in total. The standard InChI is InChI=1S/C11H12/c1-7-2-3-10-8(4-7)5-9-6-11(9)10/h3-4,9,11H,1-2,5-6H2/t9-,11+/m0/s1. The average molecular weight is 144 g/mol. The normalized spacial score (nSPS) is 39.1. The molecule has 56 valence electrons. The number of fused-ring (bicyclic) bond motifs is 3. The van der Waals surface area contributed by atoms with Crippen LogP contribution in [0.1, 0.15) is 19.3 Å². The largest absolute Gasteiger partial charge is 0.0955 e. The van der Waals surface area contributed by atoms with Gasteiger partial charge in [-0.2, -0.15) is 0 Å². The summed E-state index contributed by atoms with van der Waals surface area (Å²) in [7, 11) is 0. The van der Waals surface area contributed by atoms with Gasteiger partial charge in [0, 0.05) is 0 Å². The fourth-order valence-electron chi connectivity index (χ4n) is 2.46. The van der Waals surface area contributed by atoms with Crippen molar-refractivity contribution in [1.29, 1.82) is 0 Å². The summed E-state index contributed by atoms with van der Waals surface area (Å²) in [6.45, 7) is 3.99. The Kier molecular flexibility index (Phi) is 0.892. The highest BCUT2D eigenvalue weighted by Gasteiger charge is 2.47. The van der Waals surface area contributed by atoms with Crippen LogP contribution in [-0.2, 0) is 0 Å². The van der Waals surface area contributed by atoms with Gasteiger partial charge in [0.1, 0.15) is 0 Å². The Morgan fingerprint density at radius 1 is 1.45 bits per heavy atom. The van der Waals surface area contributed by atoms with E-state index in [0.717, 1.165) is 18.3 Å². The molecule has 0 bridgehead atoms. The first-order chi connectivity index (χ1) is 5.34. The monoisotopic (exact) mass is 144 g/mol. The fraction of sp³-hybridized carbons (Fsp3) is 0.455. The number of rotatable bonds is 0. The van der Waals surface area contributed by atoms with E-state index in [-0.39, 0.29) is 0 Å². The van der Waals surface area contributed by atoms with Crippen molar-refractivity contribution in [2.75, 3.05) is 0 Å². The molecule has 0 spiro atoms. The summed E-state index contributed by atoms with van der Waals surface area (Å²) < 4.78 is 0. The molecule has 0 aliphatic heterocycles. The molecule has 0 unspecified atom stereocenters. The van der Waals surface area contributed by atoms with E-state index in [9.17, 15) is 0 Å². The van der Waals surface area contributed by atoms with Gasteiger partial charge in [-0.1, -0.05) is 24.3 Å². The predicted octanol–water partition coefficient (Wildman–Crippen LogP) is 2.84. The maximum atomic E-state index is 3.99. The molecule has 3 aliphatic rings. The lowest BCUT2D eigenvalue weighted by Crippen LogP contribution is -1.93. The van der Waals surface area contributed by atoms with E-state index in [2.05, 4.69) is 18.7 Å². The Labute approximate surface area is 67.3 Å². The van der Waals surface area contributed by atoms with Crippen molar-refractivity contribution < 1.29 is 0 Å². The number of hydrogen-bond donors (Lipinski definition) is 0. The summed E-state index contributed by atoms with van der Waals surface area (Å²) in [5.41, 5.74) is 4.56. The molecule has 0 nitrogen and oxygen atoms in total. The van der Waals surface area contributed by atoms with Gasteiger partial charge in [0.05, 0.1) is 0 Å². The highest BCUT2D eigenvalue weighted by Crippen LogP contribution is 2.58. The van der Waals surface area contributed by atoms with Crippen LogP contribution in [0.5, 0.6) is 0 Å². The van der Waals surface area contributed by atoms with Crippen LogP contribution in [0.3, 0.4) is 0 Å². The van der Waals surface area contributed by atoms with Crippen LogP contribution in [0.25, 0.3) is 0 Å². The van der Waals surface area contributed by atoms with Crippen molar-refractivity contribution in [3.8, 4) is 0 Å². The summed E-state index contributed by atoms with van der Waals surface area (Å²) in [6, 6.07) is 0. The Morgan fingerprint density at radius 3 is 3.27 bits per heavy atom. The van der Waals surface area contributed by atoms with Gasteiger partial charge < -0.3 is 0 Å². The minimum absolute atomic E-state index is 0.967. The molecule has 11 heavy (non-hydrogen) atoms. The molecule has 0 radical (unpaired) electrons. The SMILES string of the molecule is C=C1C=C2C[C@H]3C[C@H]3C2=CC1. The molecule has 3 rings (SSSR count). The first-order valence-electron chi connectivity index (χ1n) is 4.43. The average Bonchev–Trinajstić information content (AvgIpc) is 2.63. The van der Waals surface area contributed by atoms with Crippen molar-refractivity contribution in [3.05, 3.63) is 35.5 Å². The van der Waals surface area contributed by atoms with Crippen molar-refractivity contribution in [1.82, 2.24) is 0 Å². The maximum absolute atomic E-state index is 3.99. The van der Waals surface area contributed by atoms with Crippen molar-refractivity contribution in [3.63, 3.8) is 0 Å². The third-order valence-electron chi connectivity index (χ3n) is 3.14. The molecule has 0 aromatic rings. The van der Waals surface area contributed by atoms with Crippen LogP contribution in [0.2, 0.25) is 0 Å². The lowest BCUT2D eigenvalue weighted by molar-refractivity contribution is 0.855. The van der Waals surface area contributed by atoms with E-state index in [1.54, 1.807) is 11.1 Å². The van der Waals surface area contributed by atoms with Gasteiger partial charge >= 0.3 is 0 Å². The van der Waals surface area contributed by atoms with E-state index in [1.807, 2.05) is 0 Å². The lowest BCUT2D eigenvalue weighted by atomic mass is 9.94. The number of allylic oxidation sites excluding steroid dienone is 5. The van der Waals surface area contributed by atoms with Crippen LogP contribution >= 0.6 is 0 Å². The van der Waals surface area contributed by atoms with E-state index in [0.29, 0.717) is 0 Å². The zero-order valence-corrected chi connectivity index (χ0v) is 6.64. The Hall–Kier alpha value is -0.780. The first-order valence-corrected chi connectivity index (χ1v) is 4.43. The van der Waals surface area contributed by atoms with Gasteiger partial charge in [-0.05, 0) is 42.2 Å². The minimum atomic E-state index is 0.967. The second-order valence-electron chi connectivity index (χ2n) is 4.00. The molecule has 2 saturated carbocycles. The van der Waals surface area contributed by atoms with Gasteiger partial charge in [0.15, 0.2) is 0 Å². The topological polar surface area (TPSA) is 0 Å². The van der Waals surface area contributed by atoms with Gasteiger partial charge in [0.25, 0.3) is 0 Å². The Morgan fingerprint density at radius 2 is 2.36 bits per heavy atom. The quantitative estimate of drug-likeness (QED) is 0.490. The lowest BCUT2D eigenvalue weighted by Gasteiger charge is -2.11. The van der Waals surface area contributed by atoms with Crippen LogP contribution in [0.4, 0.5) is 0 Å². The van der Waals surface area contributed by atoms with Crippen LogP contribution in [0.15, 0.2) is 35.5 Å². The van der Waals surface area contributed by atoms with Crippen molar-refractivity contribution in [2.24, 2.45) is 11.8 Å². The summed E-state index contributed by atoms with van der Waals surface area (Å²) in [6.07, 6.45) is 8.62. The molecule has 0 aromatic carbocycles. The highest BCUT2D eigenvalue weighted by atomic mass is 14.5. The number of hydrogen-bond acceptors (Lipinski definition) is 0. The predicted molar refractivity (Wildman–Crippen MR) is 46.1 cm³/mol. The summed E-state index contributed by atoms with van der Waals surface area (Å²) >= 11 is 0. The maximum Gasteiger partial charge on any atom is -0.00972 e. The molecule has 0 saturated heterocycles. The van der Waals surface area contributed by atoms with Crippen molar-refractivity contribution in [2.45, 2.75) is 19.3 Å². The van der Waals surface area contributed by atoms with Gasteiger partial charge in [-0.3, -0.25) is 0 Å². The van der Waals surface area contributed by atoms with Crippen LogP contribution in [0, 0.1) is 11.8 Å². The minimum Gasteiger partial charge on any atom is -0.0955 e. The molecule has 2 atom stereocenters. The summed E-state index contributed by atoms with van der Waals surface area (Å²) in [4.78, 5) is 0. The third-order valence-corrected chi connectivity index (χ3v) is 3.14. The van der Waals surface area contributed by atoms with E-state index >= 15 is 0 Å². The molecule has 0 amide bonds. The first kappa shape index (κ1) is 5.82. The van der Waals surface area contributed by atoms with E-state index < -0.39 is 0 Å². The van der Waals surface area contributed by atoms with Gasteiger partial charge in [0.2, 0.25) is 0 Å². The molecular weight excluding hydrogens is 132 g/mol. The zero-order valence-electron chi connectivity index (χ0n) is 6.64.